The van der Waals surface area contributed by atoms with Gasteiger partial charge in [0.25, 0.3) is 0 Å². The molecule has 0 spiro atoms. The fraction of sp³-hybridized carbons (Fsp3) is 0.364. The van der Waals surface area contributed by atoms with Gasteiger partial charge in [-0.05, 0) is 24.6 Å². The van der Waals surface area contributed by atoms with E-state index in [1.54, 1.807) is 12.1 Å². The van der Waals surface area contributed by atoms with Crippen LogP contribution in [0.4, 0.5) is 4.79 Å². The van der Waals surface area contributed by atoms with Crippen molar-refractivity contribution >= 4 is 13.9 Å². The molecule has 0 fully saturated rings. The summed E-state index contributed by atoms with van der Waals surface area (Å²) in [7, 11) is -3.11. The van der Waals surface area contributed by atoms with Crippen molar-refractivity contribution < 1.29 is 28.8 Å². The van der Waals surface area contributed by atoms with E-state index in [4.69, 9.17) is 35.4 Å². The minimum Gasteiger partial charge on any atom is -0.410 e. The molecular weight excluding hydrogens is 301 g/mol. The number of benzene rings is 1. The Morgan fingerprint density at radius 1 is 1.29 bits per heavy atom. The second-order valence-electron chi connectivity index (χ2n) is 3.55. The van der Waals surface area contributed by atoms with E-state index >= 15 is 0 Å². The number of aryl methyl sites for hydroxylation is 1. The Hall–Kier alpha value is -1.48. The van der Waals surface area contributed by atoms with Crippen LogP contribution in [0.2, 0.25) is 0 Å². The van der Waals surface area contributed by atoms with Crippen LogP contribution in [0.1, 0.15) is 5.56 Å². The van der Waals surface area contributed by atoms with Crippen LogP contribution in [0.25, 0.3) is 0 Å². The molecule has 0 aliphatic rings. The Morgan fingerprint density at radius 3 is 2.10 bits per heavy atom. The lowest BCUT2D eigenvalue weighted by molar-refractivity contribution is 0.203. The second kappa shape index (κ2) is 12.3. The van der Waals surface area contributed by atoms with E-state index in [-0.39, 0.29) is 0 Å². The highest BCUT2D eigenvalue weighted by Crippen LogP contribution is 2.25. The normalized spacial score (nSPS) is 9.48. The van der Waals surface area contributed by atoms with Crippen LogP contribution in [0.3, 0.4) is 0 Å². The van der Waals surface area contributed by atoms with Crippen molar-refractivity contribution in [3.8, 4) is 5.75 Å². The highest BCUT2D eigenvalue weighted by molar-refractivity contribution is 7.45. The van der Waals surface area contributed by atoms with Gasteiger partial charge >= 0.3 is 13.9 Å². The van der Waals surface area contributed by atoms with Gasteiger partial charge in [-0.1, -0.05) is 12.1 Å². The summed E-state index contributed by atoms with van der Waals surface area (Å²) in [5.74, 6) is 0.564. The number of hydrogen-bond donors (Lipinski definition) is 6. The minimum absolute atomic E-state index is 0.444. The third kappa shape index (κ3) is 21.0. The van der Waals surface area contributed by atoms with Crippen molar-refractivity contribution in [1.82, 2.24) is 5.32 Å². The topological polar surface area (TPSA) is 168 Å². The van der Waals surface area contributed by atoms with Gasteiger partial charge in [0.05, 0.1) is 0 Å². The van der Waals surface area contributed by atoms with Gasteiger partial charge in [-0.25, -0.2) is 9.36 Å². The fourth-order valence-electron chi connectivity index (χ4n) is 0.837. The Balaban J connectivity index is 0. The molecule has 0 aromatic heterocycles. The molecule has 0 saturated carbocycles. The zero-order valence-corrected chi connectivity index (χ0v) is 12.8. The van der Waals surface area contributed by atoms with Gasteiger partial charge in [0, 0.05) is 20.1 Å². The summed E-state index contributed by atoms with van der Waals surface area (Å²) < 4.78 is 13.8. The first kappa shape index (κ1) is 21.8. The molecule has 1 rings (SSSR count). The SMILES string of the molecule is CNC(=O)Oc1cccc(C)c1.NCCN.O=P(O)(O)O. The van der Waals surface area contributed by atoms with E-state index in [0.717, 1.165) is 5.56 Å². The summed E-state index contributed by atoms with van der Waals surface area (Å²) in [5, 5.41) is 2.37. The molecule has 0 heterocycles. The van der Waals surface area contributed by atoms with Crippen molar-refractivity contribution in [1.29, 1.82) is 0 Å². The van der Waals surface area contributed by atoms with Crippen molar-refractivity contribution in [3.63, 3.8) is 0 Å². The first-order chi connectivity index (χ1) is 9.63. The van der Waals surface area contributed by atoms with E-state index in [1.807, 2.05) is 19.1 Å². The predicted octanol–water partition coefficient (Wildman–Crippen LogP) is -0.312. The van der Waals surface area contributed by atoms with Crippen LogP contribution in [-0.2, 0) is 4.57 Å². The highest BCUT2D eigenvalue weighted by atomic mass is 31.2. The minimum atomic E-state index is -4.64. The van der Waals surface area contributed by atoms with Gasteiger partial charge in [-0.2, -0.15) is 0 Å². The molecule has 122 valence electrons. The number of hydrogen-bond acceptors (Lipinski definition) is 5. The summed E-state index contributed by atoms with van der Waals surface area (Å²) in [6.45, 7) is 3.14. The van der Waals surface area contributed by atoms with Crippen LogP contribution in [0.15, 0.2) is 24.3 Å². The summed E-state index contributed by atoms with van der Waals surface area (Å²) in [6.07, 6.45) is -0.444. The molecule has 8 N–H and O–H groups in total. The zero-order valence-electron chi connectivity index (χ0n) is 11.9. The van der Waals surface area contributed by atoms with Crippen molar-refractivity contribution in [2.75, 3.05) is 20.1 Å². The second-order valence-corrected chi connectivity index (χ2v) is 4.57. The fourth-order valence-corrected chi connectivity index (χ4v) is 0.837. The molecule has 10 heteroatoms. The molecule has 21 heavy (non-hydrogen) atoms. The third-order valence-electron chi connectivity index (χ3n) is 1.57. The maximum atomic E-state index is 10.8. The first-order valence-electron chi connectivity index (χ1n) is 5.78. The number of ether oxygens (including phenoxy) is 1. The van der Waals surface area contributed by atoms with Crippen LogP contribution in [0, 0.1) is 6.92 Å². The lowest BCUT2D eigenvalue weighted by Crippen LogP contribution is -2.21. The van der Waals surface area contributed by atoms with Crippen LogP contribution in [0.5, 0.6) is 5.75 Å². The van der Waals surface area contributed by atoms with Gasteiger partial charge in [0.1, 0.15) is 5.75 Å². The number of carbonyl (C=O) groups excluding carboxylic acids is 1. The lowest BCUT2D eigenvalue weighted by Gasteiger charge is -2.02. The number of rotatable bonds is 2. The smallest absolute Gasteiger partial charge is 0.410 e. The Labute approximate surface area is 123 Å². The maximum absolute atomic E-state index is 10.8. The molecular formula is C11H22N3O6P. The Bertz CT molecular complexity index is 441. The molecule has 0 unspecified atom stereocenters. The molecule has 0 saturated heterocycles. The number of phosphoric acid groups is 1. The van der Waals surface area contributed by atoms with E-state index < -0.39 is 13.9 Å². The van der Waals surface area contributed by atoms with Crippen LogP contribution in [-0.4, -0.2) is 40.9 Å². The molecule has 9 nitrogen and oxygen atoms in total. The standard InChI is InChI=1S/C9H11NO2.C2H8N2.H3O4P/c1-7-4-3-5-8(6-7)12-9(11)10-2;3-1-2-4;1-5(2,3)4/h3-6H,1-2H3,(H,10,11);1-4H2;(H3,1,2,3,4). The van der Waals surface area contributed by atoms with E-state index in [2.05, 4.69) is 5.32 Å². The summed E-state index contributed by atoms with van der Waals surface area (Å²) >= 11 is 0. The van der Waals surface area contributed by atoms with Gasteiger partial charge in [0.2, 0.25) is 0 Å². The number of carbonyl (C=O) groups is 1. The lowest BCUT2D eigenvalue weighted by atomic mass is 10.2. The average Bonchev–Trinajstić information content (AvgIpc) is 2.37. The van der Waals surface area contributed by atoms with E-state index in [0.29, 0.717) is 18.8 Å². The quantitative estimate of drug-likeness (QED) is 0.403. The van der Waals surface area contributed by atoms with Crippen molar-refractivity contribution in [3.05, 3.63) is 29.8 Å². The molecule has 0 aliphatic carbocycles. The van der Waals surface area contributed by atoms with Crippen molar-refractivity contribution in [2.45, 2.75) is 6.92 Å². The number of amides is 1. The van der Waals surface area contributed by atoms with E-state index in [1.165, 1.54) is 7.05 Å². The molecule has 1 aromatic carbocycles. The molecule has 0 bridgehead atoms. The molecule has 0 atom stereocenters. The zero-order chi connectivity index (χ0) is 16.9. The monoisotopic (exact) mass is 323 g/mol. The van der Waals surface area contributed by atoms with Crippen molar-refractivity contribution in [2.24, 2.45) is 11.5 Å². The molecule has 1 aromatic rings. The maximum Gasteiger partial charge on any atom is 0.466 e. The van der Waals surface area contributed by atoms with Gasteiger partial charge < -0.3 is 36.2 Å². The third-order valence-corrected chi connectivity index (χ3v) is 1.57. The van der Waals surface area contributed by atoms with Gasteiger partial charge in [-0.15, -0.1) is 0 Å². The average molecular weight is 323 g/mol. The van der Waals surface area contributed by atoms with Crippen LogP contribution >= 0.6 is 7.82 Å². The first-order valence-corrected chi connectivity index (χ1v) is 7.35. The van der Waals surface area contributed by atoms with Crippen LogP contribution < -0.4 is 21.5 Å². The van der Waals surface area contributed by atoms with Gasteiger partial charge in [-0.3, -0.25) is 0 Å². The molecule has 0 radical (unpaired) electrons. The highest BCUT2D eigenvalue weighted by Gasteiger charge is 2.00. The van der Waals surface area contributed by atoms with E-state index in [9.17, 15) is 4.79 Å². The number of nitrogens with one attached hydrogen (secondary N) is 1. The summed E-state index contributed by atoms with van der Waals surface area (Å²) in [6, 6.07) is 7.32. The molecule has 1 amide bonds. The Morgan fingerprint density at radius 2 is 1.76 bits per heavy atom. The predicted molar refractivity (Wildman–Crippen MR) is 78.6 cm³/mol. The summed E-state index contributed by atoms with van der Waals surface area (Å²) in [5.41, 5.74) is 10.9. The molecule has 0 aliphatic heterocycles. The number of nitrogens with two attached hydrogens (primary N) is 2. The largest absolute Gasteiger partial charge is 0.466 e. The Kier molecular flexibility index (Phi) is 12.7. The van der Waals surface area contributed by atoms with Gasteiger partial charge in [0.15, 0.2) is 0 Å². The summed E-state index contributed by atoms with van der Waals surface area (Å²) in [4.78, 5) is 32.3.